The highest BCUT2D eigenvalue weighted by Crippen LogP contribution is 2.21. The van der Waals surface area contributed by atoms with Crippen molar-refractivity contribution in [3.8, 4) is 0 Å². The number of Topliss-reactive ketones (excluding diaryl/α,β-unsaturated/α-hetero) is 1. The van der Waals surface area contributed by atoms with Gasteiger partial charge >= 0.3 is 0 Å². The number of benzene rings is 2. The van der Waals surface area contributed by atoms with E-state index in [9.17, 15) is 27.2 Å². The molecular weight excluding hydrogens is 473 g/mol. The Labute approximate surface area is 206 Å². The minimum Gasteiger partial charge on any atom is -0.354 e. The van der Waals surface area contributed by atoms with Crippen LogP contribution in [0.25, 0.3) is 0 Å². The van der Waals surface area contributed by atoms with Gasteiger partial charge in [0, 0.05) is 18.7 Å². The van der Waals surface area contributed by atoms with E-state index in [0.717, 1.165) is 10.6 Å². The lowest BCUT2D eigenvalue weighted by molar-refractivity contribution is -0.139. The third-order valence-electron chi connectivity index (χ3n) is 5.34. The average molecular weight is 506 g/mol. The van der Waals surface area contributed by atoms with Crippen LogP contribution in [0.3, 0.4) is 0 Å². The maximum atomic E-state index is 13.4. The number of sulfonamides is 1. The van der Waals surface area contributed by atoms with Gasteiger partial charge in [0.05, 0.1) is 11.9 Å². The van der Waals surface area contributed by atoms with Gasteiger partial charge in [-0.2, -0.15) is 0 Å². The zero-order valence-electron chi connectivity index (χ0n) is 20.6. The predicted octanol–water partition coefficient (Wildman–Crippen LogP) is 2.98. The molecule has 2 aromatic carbocycles. The summed E-state index contributed by atoms with van der Waals surface area (Å²) in [5.74, 6) is -1.51. The molecule has 1 atom stereocenters. The topological polar surface area (TPSA) is 104 Å². The normalized spacial score (nSPS) is 12.2. The number of halogens is 1. The van der Waals surface area contributed by atoms with Crippen LogP contribution in [-0.4, -0.2) is 56.3 Å². The average Bonchev–Trinajstić information content (AvgIpc) is 2.79. The minimum absolute atomic E-state index is 0.0273. The van der Waals surface area contributed by atoms with Gasteiger partial charge in [-0.05, 0) is 49.6 Å². The quantitative estimate of drug-likeness (QED) is 0.473. The van der Waals surface area contributed by atoms with Crippen LogP contribution < -0.4 is 9.62 Å². The van der Waals surface area contributed by atoms with Crippen molar-refractivity contribution < 1.29 is 27.2 Å². The molecule has 190 valence electrons. The first-order chi connectivity index (χ1) is 16.3. The summed E-state index contributed by atoms with van der Waals surface area (Å²) in [5, 5.41) is 2.79. The number of ketones is 1. The Morgan fingerprint density at radius 3 is 2.20 bits per heavy atom. The fourth-order valence-electron chi connectivity index (χ4n) is 3.32. The molecule has 0 fully saturated rings. The van der Waals surface area contributed by atoms with E-state index in [4.69, 9.17) is 0 Å². The molecule has 1 N–H and O–H groups in total. The third-order valence-corrected chi connectivity index (χ3v) is 6.48. The molecular formula is C25H32FN3O5S. The van der Waals surface area contributed by atoms with Crippen LogP contribution in [0.4, 0.5) is 10.1 Å². The summed E-state index contributed by atoms with van der Waals surface area (Å²) >= 11 is 0. The van der Waals surface area contributed by atoms with Crippen molar-refractivity contribution in [2.75, 3.05) is 23.7 Å². The third kappa shape index (κ3) is 8.17. The second kappa shape index (κ2) is 11.9. The second-order valence-corrected chi connectivity index (χ2v) is 10.7. The predicted molar refractivity (Wildman–Crippen MR) is 133 cm³/mol. The summed E-state index contributed by atoms with van der Waals surface area (Å²) in [6.07, 6.45) is 0.962. The van der Waals surface area contributed by atoms with Crippen molar-refractivity contribution in [2.45, 2.75) is 40.3 Å². The summed E-state index contributed by atoms with van der Waals surface area (Å²) < 4.78 is 39.5. The lowest BCUT2D eigenvalue weighted by atomic mass is 10.1. The zero-order valence-corrected chi connectivity index (χ0v) is 21.4. The number of nitrogens with one attached hydrogen (secondary N) is 1. The standard InChI is InChI=1S/C25H32FN3O5S/c1-17(2)14-27-25(32)18(3)28(15-20-9-11-22(26)12-10-20)24(31)16-29(35(5,33)34)23-8-6-7-21(13-23)19(4)30/h6-13,17-18H,14-16H2,1-5H3,(H,27,32). The van der Waals surface area contributed by atoms with Crippen molar-refractivity contribution in [3.63, 3.8) is 0 Å². The smallest absolute Gasteiger partial charge is 0.244 e. The van der Waals surface area contributed by atoms with E-state index in [-0.39, 0.29) is 23.9 Å². The minimum atomic E-state index is -3.91. The van der Waals surface area contributed by atoms with Gasteiger partial charge < -0.3 is 10.2 Å². The molecule has 0 radical (unpaired) electrons. The van der Waals surface area contributed by atoms with E-state index in [1.807, 2.05) is 13.8 Å². The summed E-state index contributed by atoms with van der Waals surface area (Å²) in [4.78, 5) is 39.3. The molecule has 0 aromatic heterocycles. The van der Waals surface area contributed by atoms with Gasteiger partial charge in [0.15, 0.2) is 5.78 Å². The molecule has 0 aliphatic carbocycles. The first-order valence-corrected chi connectivity index (χ1v) is 13.0. The van der Waals surface area contributed by atoms with Crippen molar-refractivity contribution in [1.29, 1.82) is 0 Å². The molecule has 8 nitrogen and oxygen atoms in total. The number of hydrogen-bond acceptors (Lipinski definition) is 5. The van der Waals surface area contributed by atoms with Crippen LogP contribution >= 0.6 is 0 Å². The SMILES string of the molecule is CC(=O)c1cccc(N(CC(=O)N(Cc2ccc(F)cc2)C(C)C(=O)NCC(C)C)S(C)(=O)=O)c1. The summed E-state index contributed by atoms with van der Waals surface area (Å²) in [7, 11) is -3.91. The Morgan fingerprint density at radius 1 is 1.03 bits per heavy atom. The molecule has 0 saturated carbocycles. The van der Waals surface area contributed by atoms with Crippen LogP contribution in [0, 0.1) is 11.7 Å². The molecule has 35 heavy (non-hydrogen) atoms. The highest BCUT2D eigenvalue weighted by molar-refractivity contribution is 7.92. The zero-order chi connectivity index (χ0) is 26.3. The van der Waals surface area contributed by atoms with Crippen LogP contribution in [0.1, 0.15) is 43.6 Å². The lowest BCUT2D eigenvalue weighted by Crippen LogP contribution is -2.51. The Balaban J connectivity index is 2.39. The van der Waals surface area contributed by atoms with Crippen molar-refractivity contribution in [3.05, 3.63) is 65.5 Å². The van der Waals surface area contributed by atoms with Gasteiger partial charge in [-0.15, -0.1) is 0 Å². The van der Waals surface area contributed by atoms with Crippen LogP contribution in [0.15, 0.2) is 48.5 Å². The van der Waals surface area contributed by atoms with Gasteiger partial charge in [-0.25, -0.2) is 12.8 Å². The molecule has 2 aromatic rings. The Kier molecular flexibility index (Phi) is 9.53. The fraction of sp³-hybridized carbons (Fsp3) is 0.400. The first kappa shape index (κ1) is 28.0. The summed E-state index contributed by atoms with van der Waals surface area (Å²) in [6.45, 7) is 6.59. The van der Waals surface area contributed by atoms with Crippen molar-refractivity contribution >= 4 is 33.3 Å². The van der Waals surface area contributed by atoms with Crippen LogP contribution in [0.2, 0.25) is 0 Å². The highest BCUT2D eigenvalue weighted by Gasteiger charge is 2.30. The number of carbonyl (C=O) groups is 3. The van der Waals surface area contributed by atoms with Gasteiger partial charge in [-0.1, -0.05) is 38.1 Å². The molecule has 1 unspecified atom stereocenters. The van der Waals surface area contributed by atoms with Gasteiger partial charge in [0.1, 0.15) is 18.4 Å². The van der Waals surface area contributed by atoms with Gasteiger partial charge in [-0.3, -0.25) is 18.7 Å². The van der Waals surface area contributed by atoms with Crippen LogP contribution in [0.5, 0.6) is 0 Å². The monoisotopic (exact) mass is 505 g/mol. The molecule has 0 heterocycles. The number of amides is 2. The molecule has 10 heteroatoms. The Bertz CT molecular complexity index is 1170. The molecule has 2 amide bonds. The molecule has 0 bridgehead atoms. The highest BCUT2D eigenvalue weighted by atomic mass is 32.2. The second-order valence-electron chi connectivity index (χ2n) is 8.84. The van der Waals surface area contributed by atoms with E-state index >= 15 is 0 Å². The number of anilines is 1. The fourth-order valence-corrected chi connectivity index (χ4v) is 4.16. The molecule has 2 rings (SSSR count). The summed E-state index contributed by atoms with van der Waals surface area (Å²) in [6, 6.07) is 10.6. The van der Waals surface area contributed by atoms with E-state index in [1.165, 1.54) is 54.3 Å². The number of nitrogens with zero attached hydrogens (tertiary/aromatic N) is 2. The lowest BCUT2D eigenvalue weighted by Gasteiger charge is -2.31. The van der Waals surface area contributed by atoms with Gasteiger partial charge in [0.2, 0.25) is 21.8 Å². The first-order valence-electron chi connectivity index (χ1n) is 11.2. The number of carbonyl (C=O) groups excluding carboxylic acids is 3. The van der Waals surface area contributed by atoms with Crippen molar-refractivity contribution in [1.82, 2.24) is 10.2 Å². The maximum absolute atomic E-state index is 13.4. The largest absolute Gasteiger partial charge is 0.354 e. The molecule has 0 aliphatic heterocycles. The van der Waals surface area contributed by atoms with Gasteiger partial charge in [0.25, 0.3) is 0 Å². The van der Waals surface area contributed by atoms with Crippen molar-refractivity contribution in [2.24, 2.45) is 5.92 Å². The maximum Gasteiger partial charge on any atom is 0.244 e. The van der Waals surface area contributed by atoms with E-state index in [1.54, 1.807) is 13.0 Å². The van der Waals surface area contributed by atoms with Crippen LogP contribution in [-0.2, 0) is 26.2 Å². The molecule has 0 spiro atoms. The molecule has 0 aliphatic rings. The van der Waals surface area contributed by atoms with E-state index in [0.29, 0.717) is 17.7 Å². The number of rotatable bonds is 11. The summed E-state index contributed by atoms with van der Waals surface area (Å²) in [5.41, 5.74) is 1.04. The molecule has 0 saturated heterocycles. The van der Waals surface area contributed by atoms with E-state index in [2.05, 4.69) is 5.32 Å². The Morgan fingerprint density at radius 2 is 1.66 bits per heavy atom. The number of hydrogen-bond donors (Lipinski definition) is 1. The van der Waals surface area contributed by atoms with E-state index < -0.39 is 40.2 Å². The Hall–Kier alpha value is -3.27.